The number of amides is 2. The summed E-state index contributed by atoms with van der Waals surface area (Å²) in [5.41, 5.74) is 0.753. The van der Waals surface area contributed by atoms with Gasteiger partial charge >= 0.3 is 6.18 Å². The molecule has 2 amide bonds. The molecule has 4 aromatic rings. The fourth-order valence-electron chi connectivity index (χ4n) is 3.09. The number of anilines is 2. The van der Waals surface area contributed by atoms with Crippen molar-refractivity contribution in [3.8, 4) is 5.69 Å². The second-order valence-electron chi connectivity index (χ2n) is 7.17. The van der Waals surface area contributed by atoms with Gasteiger partial charge in [0, 0.05) is 23.5 Å². The molecule has 11 heteroatoms. The van der Waals surface area contributed by atoms with Gasteiger partial charge in [-0.3, -0.25) is 25.2 Å². The lowest BCUT2D eigenvalue weighted by Gasteiger charge is -2.10. The first kappa shape index (κ1) is 22.6. The minimum atomic E-state index is -4.51. The number of alkyl halides is 3. The number of hydrogen-bond acceptors (Lipinski definition) is 5. The van der Waals surface area contributed by atoms with Gasteiger partial charge < -0.3 is 0 Å². The van der Waals surface area contributed by atoms with Crippen LogP contribution in [0.3, 0.4) is 0 Å². The van der Waals surface area contributed by atoms with E-state index >= 15 is 0 Å². The molecule has 0 aliphatic heterocycles. The van der Waals surface area contributed by atoms with Gasteiger partial charge in [0.2, 0.25) is 5.95 Å². The molecule has 0 radical (unpaired) electrons. The van der Waals surface area contributed by atoms with Gasteiger partial charge in [-0.2, -0.15) is 22.8 Å². The van der Waals surface area contributed by atoms with Crippen LogP contribution >= 0.6 is 0 Å². The Bertz CT molecular complexity index is 1340. The number of benzene rings is 2. The van der Waals surface area contributed by atoms with Crippen molar-refractivity contribution in [2.75, 3.05) is 10.6 Å². The van der Waals surface area contributed by atoms with Crippen molar-refractivity contribution in [3.63, 3.8) is 0 Å². The average molecular weight is 466 g/mol. The van der Waals surface area contributed by atoms with Crippen molar-refractivity contribution in [2.45, 2.75) is 13.1 Å². The Morgan fingerprint density at radius 3 is 2.21 bits per heavy atom. The van der Waals surface area contributed by atoms with Crippen LogP contribution in [0.25, 0.3) is 5.69 Å². The minimum absolute atomic E-state index is 0.0851. The quantitative estimate of drug-likeness (QED) is 0.451. The molecule has 0 spiro atoms. The maximum atomic E-state index is 13.0. The fraction of sp³-hybridized carbons (Fsp3) is 0.0870. The Morgan fingerprint density at radius 1 is 0.882 bits per heavy atom. The number of pyridine rings is 1. The van der Waals surface area contributed by atoms with E-state index in [0.717, 1.165) is 16.8 Å². The zero-order valence-corrected chi connectivity index (χ0v) is 17.7. The van der Waals surface area contributed by atoms with Gasteiger partial charge in [0.15, 0.2) is 0 Å². The number of carbonyl (C=O) groups excluding carboxylic acids is 2. The summed E-state index contributed by atoms with van der Waals surface area (Å²) >= 11 is 0. The van der Waals surface area contributed by atoms with Crippen molar-refractivity contribution < 1.29 is 22.8 Å². The number of halogens is 3. The number of nitrogens with one attached hydrogen (secondary N) is 2. The molecule has 0 saturated carbocycles. The largest absolute Gasteiger partial charge is 0.416 e. The van der Waals surface area contributed by atoms with Crippen LogP contribution in [0.1, 0.15) is 31.8 Å². The summed E-state index contributed by atoms with van der Waals surface area (Å²) in [5, 5.41) is 9.29. The first-order valence-corrected chi connectivity index (χ1v) is 9.95. The highest BCUT2D eigenvalue weighted by Gasteiger charge is 2.30. The molecule has 172 valence electrons. The Kier molecular flexibility index (Phi) is 6.09. The zero-order chi connectivity index (χ0) is 24.3. The molecule has 0 unspecified atom stereocenters. The fourth-order valence-corrected chi connectivity index (χ4v) is 3.09. The van der Waals surface area contributed by atoms with Crippen LogP contribution in [-0.2, 0) is 6.18 Å². The minimum Gasteiger partial charge on any atom is -0.290 e. The van der Waals surface area contributed by atoms with Gasteiger partial charge in [0.25, 0.3) is 17.8 Å². The number of rotatable bonds is 5. The van der Waals surface area contributed by atoms with Crippen LogP contribution in [-0.4, -0.2) is 31.6 Å². The first-order valence-electron chi connectivity index (χ1n) is 9.95. The highest BCUT2D eigenvalue weighted by molar-refractivity contribution is 6.05. The van der Waals surface area contributed by atoms with E-state index < -0.39 is 23.6 Å². The number of aromatic nitrogens is 4. The summed E-state index contributed by atoms with van der Waals surface area (Å²) in [7, 11) is 0. The van der Waals surface area contributed by atoms with Crippen LogP contribution in [0, 0.1) is 6.92 Å². The number of aryl methyl sites for hydroxylation is 1. The van der Waals surface area contributed by atoms with Gasteiger partial charge in [-0.1, -0.05) is 18.2 Å². The van der Waals surface area contributed by atoms with E-state index in [1.165, 1.54) is 36.7 Å². The molecule has 0 fully saturated rings. The summed E-state index contributed by atoms with van der Waals surface area (Å²) in [5.74, 6) is -1.26. The van der Waals surface area contributed by atoms with Crippen molar-refractivity contribution >= 4 is 23.7 Å². The maximum Gasteiger partial charge on any atom is 0.416 e. The van der Waals surface area contributed by atoms with Crippen LogP contribution in [0.2, 0.25) is 0 Å². The van der Waals surface area contributed by atoms with Crippen molar-refractivity contribution in [2.24, 2.45) is 0 Å². The second kappa shape index (κ2) is 9.14. The summed E-state index contributed by atoms with van der Waals surface area (Å²) in [6, 6.07) is 14.0. The molecular weight excluding hydrogens is 449 g/mol. The molecule has 8 nitrogen and oxygen atoms in total. The summed E-state index contributed by atoms with van der Waals surface area (Å²) in [6.45, 7) is 1.76. The van der Waals surface area contributed by atoms with Crippen molar-refractivity contribution in [3.05, 3.63) is 95.3 Å². The third-order valence-corrected chi connectivity index (χ3v) is 4.83. The van der Waals surface area contributed by atoms with Crippen LogP contribution < -0.4 is 10.6 Å². The molecule has 2 heterocycles. The summed E-state index contributed by atoms with van der Waals surface area (Å²) in [6.07, 6.45) is -1.62. The second-order valence-corrected chi connectivity index (χ2v) is 7.17. The van der Waals surface area contributed by atoms with E-state index in [1.54, 1.807) is 31.2 Å². The topological polar surface area (TPSA) is 102 Å². The van der Waals surface area contributed by atoms with Crippen LogP contribution in [0.4, 0.5) is 25.1 Å². The number of carbonyl (C=O) groups is 2. The predicted octanol–water partition coefficient (Wildman–Crippen LogP) is 4.49. The Labute approximate surface area is 191 Å². The monoisotopic (exact) mass is 466 g/mol. The van der Waals surface area contributed by atoms with Gasteiger partial charge in [0.05, 0.1) is 11.3 Å². The maximum absolute atomic E-state index is 13.0. The van der Waals surface area contributed by atoms with Crippen LogP contribution in [0.15, 0.2) is 73.1 Å². The van der Waals surface area contributed by atoms with Crippen LogP contribution in [0.5, 0.6) is 0 Å². The van der Waals surface area contributed by atoms with Gasteiger partial charge in [-0.05, 0) is 55.0 Å². The summed E-state index contributed by atoms with van der Waals surface area (Å²) in [4.78, 5) is 33.3. The van der Waals surface area contributed by atoms with E-state index in [-0.39, 0.29) is 17.6 Å². The van der Waals surface area contributed by atoms with E-state index in [0.29, 0.717) is 16.7 Å². The SMILES string of the molecule is Cc1ccccc1C(=O)Nc1nc(NC(=O)c2ccncc2)nn1-c1ccc(C(F)(F)F)cc1. The highest BCUT2D eigenvalue weighted by atomic mass is 19.4. The summed E-state index contributed by atoms with van der Waals surface area (Å²) < 4.78 is 40.0. The lowest BCUT2D eigenvalue weighted by atomic mass is 10.1. The van der Waals surface area contributed by atoms with Gasteiger partial charge in [0.1, 0.15) is 0 Å². The van der Waals surface area contributed by atoms with Gasteiger partial charge in [-0.15, -0.1) is 5.10 Å². The highest BCUT2D eigenvalue weighted by Crippen LogP contribution is 2.30. The van der Waals surface area contributed by atoms with Crippen molar-refractivity contribution in [1.29, 1.82) is 0 Å². The zero-order valence-electron chi connectivity index (χ0n) is 17.7. The molecule has 2 aromatic heterocycles. The Balaban J connectivity index is 1.68. The standard InChI is InChI=1S/C23H17F3N6O2/c1-14-4-2-3-5-18(14)20(34)29-22-30-21(28-19(33)15-10-12-27-13-11-15)31-32(22)17-8-6-16(7-9-17)23(24,25)26/h2-13H,1H3,(H2,28,29,30,31,33,34). The lowest BCUT2D eigenvalue weighted by Crippen LogP contribution is -2.17. The third kappa shape index (κ3) is 4.93. The molecule has 2 N–H and O–H groups in total. The van der Waals surface area contributed by atoms with Crippen molar-refractivity contribution in [1.82, 2.24) is 19.7 Å². The lowest BCUT2D eigenvalue weighted by molar-refractivity contribution is -0.137. The molecule has 0 aliphatic carbocycles. The molecular formula is C23H17F3N6O2. The average Bonchev–Trinajstić information content (AvgIpc) is 3.21. The predicted molar refractivity (Wildman–Crippen MR) is 118 cm³/mol. The number of hydrogen-bond donors (Lipinski definition) is 2. The normalized spacial score (nSPS) is 11.2. The molecule has 0 atom stereocenters. The van der Waals surface area contributed by atoms with E-state index in [4.69, 9.17) is 0 Å². The third-order valence-electron chi connectivity index (χ3n) is 4.83. The van der Waals surface area contributed by atoms with E-state index in [2.05, 4.69) is 25.7 Å². The molecule has 34 heavy (non-hydrogen) atoms. The Morgan fingerprint density at radius 2 is 1.56 bits per heavy atom. The Hall–Kier alpha value is -4.54. The van der Waals surface area contributed by atoms with E-state index in [9.17, 15) is 22.8 Å². The molecule has 4 rings (SSSR count). The van der Waals surface area contributed by atoms with Gasteiger partial charge in [-0.25, -0.2) is 0 Å². The molecule has 0 bridgehead atoms. The van der Waals surface area contributed by atoms with E-state index in [1.807, 2.05) is 0 Å². The number of nitrogens with zero attached hydrogens (tertiary/aromatic N) is 4. The molecule has 2 aromatic carbocycles. The smallest absolute Gasteiger partial charge is 0.290 e. The molecule has 0 aliphatic rings. The first-order chi connectivity index (χ1) is 16.2. The molecule has 0 saturated heterocycles.